The van der Waals surface area contributed by atoms with Crippen molar-refractivity contribution in [1.82, 2.24) is 24.9 Å². The maximum Gasteiger partial charge on any atom is 0.252 e. The van der Waals surface area contributed by atoms with Crippen LogP contribution in [0.3, 0.4) is 0 Å². The molecule has 0 saturated carbocycles. The first kappa shape index (κ1) is 9.72. The number of rotatable bonds is 1. The lowest BCUT2D eigenvalue weighted by atomic mass is 9.90. The van der Waals surface area contributed by atoms with Crippen molar-refractivity contribution in [3.05, 3.63) is 23.8 Å². The predicted octanol–water partition coefficient (Wildman–Crippen LogP) is 0.900. The molecule has 16 heavy (non-hydrogen) atoms. The van der Waals surface area contributed by atoms with Crippen LogP contribution < -0.4 is 5.32 Å². The molecule has 84 valence electrons. The number of aromatic nitrogens is 4. The van der Waals surface area contributed by atoms with Gasteiger partial charge in [0.2, 0.25) is 0 Å². The van der Waals surface area contributed by atoms with Crippen molar-refractivity contribution >= 4 is 5.78 Å². The molecule has 1 aliphatic rings. The molecule has 0 aromatic carbocycles. The Bertz CT molecular complexity index is 498. The Morgan fingerprint density at radius 2 is 2.19 bits per heavy atom. The van der Waals surface area contributed by atoms with Crippen molar-refractivity contribution in [2.24, 2.45) is 0 Å². The van der Waals surface area contributed by atoms with Crippen LogP contribution >= 0.6 is 0 Å². The maximum atomic E-state index is 4.48. The number of fused-ring (bicyclic) bond motifs is 1. The van der Waals surface area contributed by atoms with Crippen molar-refractivity contribution in [1.29, 1.82) is 0 Å². The van der Waals surface area contributed by atoms with E-state index in [4.69, 9.17) is 0 Å². The average Bonchev–Trinajstić information content (AvgIpc) is 2.76. The van der Waals surface area contributed by atoms with E-state index in [1.54, 1.807) is 10.8 Å². The van der Waals surface area contributed by atoms with Gasteiger partial charge < -0.3 is 5.32 Å². The lowest BCUT2D eigenvalue weighted by Crippen LogP contribution is -2.27. The minimum Gasteiger partial charge on any atom is -0.317 e. The average molecular weight is 217 g/mol. The predicted molar refractivity (Wildman–Crippen MR) is 60.4 cm³/mol. The Kier molecular flexibility index (Phi) is 2.32. The molecule has 0 spiro atoms. The quantitative estimate of drug-likeness (QED) is 0.771. The second-order valence-electron chi connectivity index (χ2n) is 4.31. The zero-order chi connectivity index (χ0) is 11.0. The van der Waals surface area contributed by atoms with Crippen molar-refractivity contribution < 1.29 is 0 Å². The van der Waals surface area contributed by atoms with Gasteiger partial charge in [0.1, 0.15) is 6.33 Å². The summed E-state index contributed by atoms with van der Waals surface area (Å²) >= 11 is 0. The molecule has 1 N–H and O–H groups in total. The topological polar surface area (TPSA) is 55.1 Å². The van der Waals surface area contributed by atoms with Gasteiger partial charge in [-0.25, -0.2) is 9.50 Å². The van der Waals surface area contributed by atoms with Gasteiger partial charge in [0.15, 0.2) is 0 Å². The SMILES string of the molecule is Cc1nc2ncnn2cc1C1CCNCC1. The van der Waals surface area contributed by atoms with E-state index in [1.807, 2.05) is 0 Å². The molecule has 1 aliphatic heterocycles. The maximum absolute atomic E-state index is 4.48. The fraction of sp³-hybridized carbons (Fsp3) is 0.545. The lowest BCUT2D eigenvalue weighted by molar-refractivity contribution is 0.456. The van der Waals surface area contributed by atoms with Gasteiger partial charge in [-0.15, -0.1) is 0 Å². The largest absolute Gasteiger partial charge is 0.317 e. The van der Waals surface area contributed by atoms with E-state index in [1.165, 1.54) is 18.4 Å². The molecule has 2 aromatic rings. The summed E-state index contributed by atoms with van der Waals surface area (Å²) in [7, 11) is 0. The summed E-state index contributed by atoms with van der Waals surface area (Å²) in [6.45, 7) is 4.26. The van der Waals surface area contributed by atoms with Crippen LogP contribution in [0.2, 0.25) is 0 Å². The zero-order valence-corrected chi connectivity index (χ0v) is 9.35. The monoisotopic (exact) mass is 217 g/mol. The number of hydrogen-bond donors (Lipinski definition) is 1. The summed E-state index contributed by atoms with van der Waals surface area (Å²) in [6, 6.07) is 0. The van der Waals surface area contributed by atoms with Crippen molar-refractivity contribution in [3.8, 4) is 0 Å². The first-order valence-corrected chi connectivity index (χ1v) is 5.72. The van der Waals surface area contributed by atoms with Crippen LogP contribution in [0.1, 0.15) is 30.0 Å². The van der Waals surface area contributed by atoms with Gasteiger partial charge in [-0.05, 0) is 44.3 Å². The number of nitrogens with zero attached hydrogens (tertiary/aromatic N) is 4. The second kappa shape index (κ2) is 3.83. The van der Waals surface area contributed by atoms with E-state index in [0.29, 0.717) is 11.7 Å². The fourth-order valence-corrected chi connectivity index (χ4v) is 2.39. The van der Waals surface area contributed by atoms with Crippen LogP contribution in [0.4, 0.5) is 0 Å². The molecule has 0 aliphatic carbocycles. The van der Waals surface area contributed by atoms with Crippen molar-refractivity contribution in [2.75, 3.05) is 13.1 Å². The van der Waals surface area contributed by atoms with E-state index in [0.717, 1.165) is 18.8 Å². The number of piperidine rings is 1. The molecule has 1 fully saturated rings. The van der Waals surface area contributed by atoms with E-state index in [-0.39, 0.29) is 0 Å². The molecule has 5 nitrogen and oxygen atoms in total. The number of aryl methyl sites for hydroxylation is 1. The molecular weight excluding hydrogens is 202 g/mol. The molecule has 0 unspecified atom stereocenters. The van der Waals surface area contributed by atoms with Crippen LogP contribution in [0, 0.1) is 6.92 Å². The number of hydrogen-bond acceptors (Lipinski definition) is 4. The van der Waals surface area contributed by atoms with Gasteiger partial charge in [-0.3, -0.25) is 0 Å². The van der Waals surface area contributed by atoms with E-state index in [2.05, 4.69) is 33.5 Å². The molecular formula is C11H15N5. The highest BCUT2D eigenvalue weighted by atomic mass is 15.3. The third-order valence-corrected chi connectivity index (χ3v) is 3.28. The molecule has 0 bridgehead atoms. The second-order valence-corrected chi connectivity index (χ2v) is 4.31. The van der Waals surface area contributed by atoms with Gasteiger partial charge in [0, 0.05) is 11.9 Å². The van der Waals surface area contributed by atoms with Gasteiger partial charge in [-0.2, -0.15) is 10.1 Å². The Hall–Kier alpha value is -1.49. The Morgan fingerprint density at radius 3 is 3.00 bits per heavy atom. The van der Waals surface area contributed by atoms with E-state index in [9.17, 15) is 0 Å². The van der Waals surface area contributed by atoms with Crippen LogP contribution in [0.15, 0.2) is 12.5 Å². The highest BCUT2D eigenvalue weighted by Gasteiger charge is 2.18. The highest BCUT2D eigenvalue weighted by molar-refractivity contribution is 5.32. The normalized spacial score (nSPS) is 18.1. The van der Waals surface area contributed by atoms with E-state index >= 15 is 0 Å². The first-order valence-electron chi connectivity index (χ1n) is 5.72. The summed E-state index contributed by atoms with van der Waals surface area (Å²) in [5, 5.41) is 7.52. The Labute approximate surface area is 93.9 Å². The molecule has 5 heteroatoms. The van der Waals surface area contributed by atoms with Gasteiger partial charge in [0.25, 0.3) is 5.78 Å². The van der Waals surface area contributed by atoms with Gasteiger partial charge in [-0.1, -0.05) is 0 Å². The van der Waals surface area contributed by atoms with Crippen LogP contribution in [-0.4, -0.2) is 32.7 Å². The molecule has 3 rings (SSSR count). The molecule has 3 heterocycles. The molecule has 1 saturated heterocycles. The number of nitrogens with one attached hydrogen (secondary N) is 1. The summed E-state index contributed by atoms with van der Waals surface area (Å²) < 4.78 is 1.77. The van der Waals surface area contributed by atoms with Crippen molar-refractivity contribution in [2.45, 2.75) is 25.7 Å². The third kappa shape index (κ3) is 1.57. The highest BCUT2D eigenvalue weighted by Crippen LogP contribution is 2.26. The standard InChI is InChI=1S/C11H15N5/c1-8-10(9-2-4-12-5-3-9)6-16-11(15-8)13-7-14-16/h6-7,9,12H,2-5H2,1H3. The molecule has 2 aromatic heterocycles. The minimum absolute atomic E-state index is 0.613. The first-order chi connectivity index (χ1) is 7.84. The Morgan fingerprint density at radius 1 is 1.38 bits per heavy atom. The Balaban J connectivity index is 2.03. The molecule has 0 amide bonds. The summed E-state index contributed by atoms with van der Waals surface area (Å²) in [4.78, 5) is 8.57. The smallest absolute Gasteiger partial charge is 0.252 e. The molecule has 0 radical (unpaired) electrons. The van der Waals surface area contributed by atoms with Gasteiger partial charge >= 0.3 is 0 Å². The molecule has 0 atom stereocenters. The van der Waals surface area contributed by atoms with Crippen LogP contribution in [-0.2, 0) is 0 Å². The summed E-state index contributed by atoms with van der Waals surface area (Å²) in [6.07, 6.45) is 6.00. The summed E-state index contributed by atoms with van der Waals surface area (Å²) in [5.74, 6) is 1.30. The zero-order valence-electron chi connectivity index (χ0n) is 9.35. The minimum atomic E-state index is 0.613. The van der Waals surface area contributed by atoms with Gasteiger partial charge in [0.05, 0.1) is 0 Å². The van der Waals surface area contributed by atoms with Crippen LogP contribution in [0.5, 0.6) is 0 Å². The van der Waals surface area contributed by atoms with Crippen molar-refractivity contribution in [3.63, 3.8) is 0 Å². The third-order valence-electron chi connectivity index (χ3n) is 3.28. The summed E-state index contributed by atoms with van der Waals surface area (Å²) in [5.41, 5.74) is 2.41. The fourth-order valence-electron chi connectivity index (χ4n) is 2.39. The van der Waals surface area contributed by atoms with E-state index < -0.39 is 0 Å². The lowest BCUT2D eigenvalue weighted by Gasteiger charge is -2.23. The van der Waals surface area contributed by atoms with Crippen LogP contribution in [0.25, 0.3) is 5.78 Å².